The fraction of sp³-hybridized carbons (Fsp3) is 0.600. The van der Waals surface area contributed by atoms with Crippen LogP contribution in [0.2, 0.25) is 0 Å². The zero-order valence-corrected chi connectivity index (χ0v) is 7.65. The Morgan fingerprint density at radius 1 is 0.909 bits per heavy atom. The molecule has 1 nitrogen and oxygen atoms in total. The van der Waals surface area contributed by atoms with Gasteiger partial charge in [0.1, 0.15) is 0 Å². The Kier molecular flexibility index (Phi) is 2.74. The van der Waals surface area contributed by atoms with Gasteiger partial charge in [0.25, 0.3) is 0 Å². The summed E-state index contributed by atoms with van der Waals surface area (Å²) in [5.41, 5.74) is -0.675. The van der Waals surface area contributed by atoms with Crippen molar-refractivity contribution in [2.24, 2.45) is 0 Å². The van der Waals surface area contributed by atoms with Gasteiger partial charge in [-0.25, -0.2) is 0 Å². The van der Waals surface area contributed by atoms with Gasteiger partial charge in [0.05, 0.1) is 11.1 Å². The number of terminal acetylenes is 2. The van der Waals surface area contributed by atoms with E-state index in [2.05, 4.69) is 17.2 Å². The molecule has 0 aromatic carbocycles. The lowest BCUT2D eigenvalue weighted by Crippen LogP contribution is -2.50. The Morgan fingerprint density at radius 3 is 1.36 bits per heavy atom. The molecule has 1 heteroatoms. The van der Waals surface area contributed by atoms with E-state index in [9.17, 15) is 0 Å². The first-order valence-corrected chi connectivity index (χ1v) is 3.58. The van der Waals surface area contributed by atoms with Gasteiger partial charge in [-0.15, -0.1) is 12.8 Å². The molecule has 1 N–H and O–H groups in total. The molecule has 0 aromatic heterocycles. The minimum atomic E-state index is -0.337. The van der Waals surface area contributed by atoms with Crippen molar-refractivity contribution in [2.45, 2.75) is 38.8 Å². The molecule has 60 valence electrons. The maximum atomic E-state index is 5.29. The first-order valence-electron chi connectivity index (χ1n) is 3.58. The van der Waals surface area contributed by atoms with E-state index in [-0.39, 0.29) is 11.1 Å². The summed E-state index contributed by atoms with van der Waals surface area (Å²) in [6.07, 6.45) is 10.6. The Labute approximate surface area is 69.6 Å². The van der Waals surface area contributed by atoms with Gasteiger partial charge in [-0.2, -0.15) is 0 Å². The number of rotatable bonds is 2. The lowest BCUT2D eigenvalue weighted by Gasteiger charge is -2.29. The maximum Gasteiger partial charge on any atom is 0.0752 e. The van der Waals surface area contributed by atoms with Crippen LogP contribution < -0.4 is 5.32 Å². The van der Waals surface area contributed by atoms with Gasteiger partial charge in [-0.1, -0.05) is 11.8 Å². The lowest BCUT2D eigenvalue weighted by atomic mass is 9.99. The molecule has 0 aromatic rings. The highest BCUT2D eigenvalue weighted by molar-refractivity contribution is 5.16. The Morgan fingerprint density at radius 2 is 1.18 bits per heavy atom. The quantitative estimate of drug-likeness (QED) is 0.585. The smallest absolute Gasteiger partial charge is 0.0752 e. The molecule has 0 radical (unpaired) electrons. The van der Waals surface area contributed by atoms with E-state index in [1.165, 1.54) is 0 Å². The molecule has 0 spiro atoms. The van der Waals surface area contributed by atoms with E-state index in [4.69, 9.17) is 12.8 Å². The summed E-state index contributed by atoms with van der Waals surface area (Å²) in [6, 6.07) is 0. The molecule has 11 heavy (non-hydrogen) atoms. The third-order valence-corrected chi connectivity index (χ3v) is 1.35. The first-order chi connectivity index (χ1) is 4.83. The number of hydrogen-bond acceptors (Lipinski definition) is 1. The van der Waals surface area contributed by atoms with Crippen molar-refractivity contribution in [1.82, 2.24) is 5.32 Å². The summed E-state index contributed by atoms with van der Waals surface area (Å²) < 4.78 is 0. The summed E-state index contributed by atoms with van der Waals surface area (Å²) in [4.78, 5) is 0. The molecule has 0 atom stereocenters. The van der Waals surface area contributed by atoms with Crippen LogP contribution in [0.15, 0.2) is 0 Å². The number of hydrogen-bond donors (Lipinski definition) is 1. The monoisotopic (exact) mass is 149 g/mol. The average molecular weight is 149 g/mol. The molecule has 0 aliphatic heterocycles. The van der Waals surface area contributed by atoms with Crippen LogP contribution in [0, 0.1) is 24.7 Å². The van der Waals surface area contributed by atoms with E-state index in [1.807, 2.05) is 27.7 Å². The summed E-state index contributed by atoms with van der Waals surface area (Å²) in [5, 5.41) is 3.16. The van der Waals surface area contributed by atoms with Gasteiger partial charge in [0.2, 0.25) is 0 Å². The number of nitrogens with one attached hydrogen (secondary N) is 1. The average Bonchev–Trinajstić information content (AvgIpc) is 1.86. The van der Waals surface area contributed by atoms with Crippen LogP contribution in [0.25, 0.3) is 0 Å². The molecule has 0 unspecified atom stereocenters. The van der Waals surface area contributed by atoms with Crippen LogP contribution >= 0.6 is 0 Å². The maximum absolute atomic E-state index is 5.29. The van der Waals surface area contributed by atoms with Crippen molar-refractivity contribution in [2.75, 3.05) is 0 Å². The predicted molar refractivity (Wildman–Crippen MR) is 49.0 cm³/mol. The minimum Gasteiger partial charge on any atom is -0.286 e. The molecule has 0 aliphatic rings. The standard InChI is InChI=1S/C10H15N/c1-7-9(3,4)11-10(5,6)8-2/h1-2,11H,3-6H3. The molecular weight excluding hydrogens is 134 g/mol. The summed E-state index contributed by atoms with van der Waals surface area (Å²) in [6.45, 7) is 7.69. The lowest BCUT2D eigenvalue weighted by molar-refractivity contribution is 0.382. The second kappa shape index (κ2) is 2.99. The largest absolute Gasteiger partial charge is 0.286 e. The zero-order chi connectivity index (χ0) is 9.12. The van der Waals surface area contributed by atoms with Crippen LogP contribution in [-0.4, -0.2) is 11.1 Å². The molecule has 0 rings (SSSR count). The van der Waals surface area contributed by atoms with Gasteiger partial charge in [-0.3, -0.25) is 5.32 Å². The minimum absolute atomic E-state index is 0.337. The Hall–Kier alpha value is -0.920. The molecule has 0 saturated heterocycles. The summed E-state index contributed by atoms with van der Waals surface area (Å²) >= 11 is 0. The van der Waals surface area contributed by atoms with E-state index in [0.29, 0.717) is 0 Å². The van der Waals surface area contributed by atoms with Crippen LogP contribution in [0.5, 0.6) is 0 Å². The fourth-order valence-corrected chi connectivity index (χ4v) is 0.853. The third-order valence-electron chi connectivity index (χ3n) is 1.35. The van der Waals surface area contributed by atoms with Gasteiger partial charge < -0.3 is 0 Å². The molecule has 0 amide bonds. The molecule has 0 heterocycles. The van der Waals surface area contributed by atoms with Crippen molar-refractivity contribution < 1.29 is 0 Å². The Balaban J connectivity index is 4.31. The molecule has 0 aliphatic carbocycles. The van der Waals surface area contributed by atoms with E-state index in [0.717, 1.165) is 0 Å². The van der Waals surface area contributed by atoms with Crippen LogP contribution in [-0.2, 0) is 0 Å². The van der Waals surface area contributed by atoms with Crippen LogP contribution in [0.3, 0.4) is 0 Å². The molecular formula is C10H15N. The van der Waals surface area contributed by atoms with Crippen molar-refractivity contribution in [3.8, 4) is 24.7 Å². The zero-order valence-electron chi connectivity index (χ0n) is 7.65. The second-order valence-electron chi connectivity index (χ2n) is 3.66. The molecule has 0 bridgehead atoms. The molecule has 0 fully saturated rings. The normalized spacial score (nSPS) is 11.8. The first kappa shape index (κ1) is 10.1. The highest BCUT2D eigenvalue weighted by Gasteiger charge is 2.23. The Bertz CT molecular complexity index is 186. The van der Waals surface area contributed by atoms with Crippen molar-refractivity contribution in [3.63, 3.8) is 0 Å². The topological polar surface area (TPSA) is 12.0 Å². The highest BCUT2D eigenvalue weighted by atomic mass is 15.0. The van der Waals surface area contributed by atoms with E-state index in [1.54, 1.807) is 0 Å². The van der Waals surface area contributed by atoms with Crippen molar-refractivity contribution >= 4 is 0 Å². The van der Waals surface area contributed by atoms with Crippen molar-refractivity contribution in [1.29, 1.82) is 0 Å². The van der Waals surface area contributed by atoms with Gasteiger partial charge >= 0.3 is 0 Å². The van der Waals surface area contributed by atoms with Gasteiger partial charge in [-0.05, 0) is 27.7 Å². The van der Waals surface area contributed by atoms with E-state index < -0.39 is 0 Å². The summed E-state index contributed by atoms with van der Waals surface area (Å²) in [7, 11) is 0. The van der Waals surface area contributed by atoms with E-state index >= 15 is 0 Å². The predicted octanol–water partition coefficient (Wildman–Crippen LogP) is 1.40. The summed E-state index contributed by atoms with van der Waals surface area (Å²) in [5.74, 6) is 5.25. The fourth-order valence-electron chi connectivity index (χ4n) is 0.853. The van der Waals surface area contributed by atoms with Crippen LogP contribution in [0.4, 0.5) is 0 Å². The highest BCUT2D eigenvalue weighted by Crippen LogP contribution is 2.08. The van der Waals surface area contributed by atoms with Gasteiger partial charge in [0, 0.05) is 0 Å². The van der Waals surface area contributed by atoms with Crippen LogP contribution in [0.1, 0.15) is 27.7 Å². The SMILES string of the molecule is C#CC(C)(C)NC(C)(C)C#C. The molecule has 0 saturated carbocycles. The third kappa shape index (κ3) is 3.71. The van der Waals surface area contributed by atoms with Crippen molar-refractivity contribution in [3.05, 3.63) is 0 Å². The second-order valence-corrected chi connectivity index (χ2v) is 3.66. The van der Waals surface area contributed by atoms with Gasteiger partial charge in [0.15, 0.2) is 0 Å².